The maximum Gasteiger partial charge on any atom is 0.242 e. The molecule has 21 heavy (non-hydrogen) atoms. The molecule has 0 fully saturated rings. The van der Waals surface area contributed by atoms with Gasteiger partial charge in [-0.2, -0.15) is 0 Å². The molecule has 1 heterocycles. The molecule has 2 rings (SSSR count). The average Bonchev–Trinajstić information content (AvgIpc) is 2.79. The fourth-order valence-electron chi connectivity index (χ4n) is 1.75. The molecule has 2 aromatic rings. The number of sulfonamides is 1. The monoisotopic (exact) mass is 364 g/mol. The largest absolute Gasteiger partial charge is 0.398 e. The summed E-state index contributed by atoms with van der Waals surface area (Å²) in [5.41, 5.74) is 6.88. The number of halogens is 2. The highest BCUT2D eigenvalue weighted by atomic mass is 35.5. The highest BCUT2D eigenvalue weighted by molar-refractivity contribution is 7.89. The maximum absolute atomic E-state index is 12.2. The van der Waals surface area contributed by atoms with Gasteiger partial charge >= 0.3 is 0 Å². The van der Waals surface area contributed by atoms with E-state index in [1.165, 1.54) is 17.4 Å². The van der Waals surface area contributed by atoms with Crippen molar-refractivity contribution in [2.75, 3.05) is 12.3 Å². The van der Waals surface area contributed by atoms with Gasteiger partial charge in [-0.05, 0) is 43.2 Å². The van der Waals surface area contributed by atoms with Gasteiger partial charge < -0.3 is 5.73 Å². The number of rotatable bonds is 5. The minimum absolute atomic E-state index is 0.00326. The molecular formula is C13H14Cl2N2O2S2. The van der Waals surface area contributed by atoms with E-state index in [2.05, 4.69) is 4.72 Å². The molecule has 3 N–H and O–H groups in total. The van der Waals surface area contributed by atoms with Crippen molar-refractivity contribution in [1.29, 1.82) is 0 Å². The Morgan fingerprint density at radius 3 is 2.62 bits per heavy atom. The fourth-order valence-corrected chi connectivity index (χ4v) is 4.48. The predicted molar refractivity (Wildman–Crippen MR) is 88.8 cm³/mol. The highest BCUT2D eigenvalue weighted by Gasteiger charge is 2.18. The number of aryl methyl sites for hydroxylation is 1. The lowest BCUT2D eigenvalue weighted by Crippen LogP contribution is -2.26. The van der Waals surface area contributed by atoms with Gasteiger partial charge in [-0.1, -0.05) is 23.2 Å². The van der Waals surface area contributed by atoms with E-state index < -0.39 is 10.0 Å². The summed E-state index contributed by atoms with van der Waals surface area (Å²) in [6, 6.07) is 6.58. The molecule has 0 atom stereocenters. The molecule has 0 bridgehead atoms. The first-order valence-corrected chi connectivity index (χ1v) is 9.14. The van der Waals surface area contributed by atoms with Crippen LogP contribution in [0.2, 0.25) is 9.36 Å². The fraction of sp³-hybridized carbons (Fsp3) is 0.231. The molecular weight excluding hydrogens is 351 g/mol. The number of nitrogens with two attached hydrogens (primary N) is 1. The van der Waals surface area contributed by atoms with Gasteiger partial charge in [-0.3, -0.25) is 0 Å². The van der Waals surface area contributed by atoms with E-state index >= 15 is 0 Å². The lowest BCUT2D eigenvalue weighted by atomic mass is 10.2. The third-order valence-corrected chi connectivity index (χ3v) is 6.12. The number of hydrogen-bond donors (Lipinski definition) is 2. The first kappa shape index (κ1) is 16.6. The lowest BCUT2D eigenvalue weighted by Gasteiger charge is -2.10. The zero-order valence-electron chi connectivity index (χ0n) is 11.2. The Bertz CT molecular complexity index is 758. The van der Waals surface area contributed by atoms with E-state index in [0.717, 1.165) is 10.4 Å². The second kappa shape index (κ2) is 6.54. The van der Waals surface area contributed by atoms with Gasteiger partial charge in [0.15, 0.2) is 0 Å². The Morgan fingerprint density at radius 2 is 2.00 bits per heavy atom. The zero-order valence-corrected chi connectivity index (χ0v) is 14.3. The molecule has 114 valence electrons. The molecule has 1 aromatic heterocycles. The van der Waals surface area contributed by atoms with Crippen LogP contribution in [0, 0.1) is 6.92 Å². The van der Waals surface area contributed by atoms with Crippen LogP contribution in [0.1, 0.15) is 10.4 Å². The van der Waals surface area contributed by atoms with E-state index in [4.69, 9.17) is 28.9 Å². The standard InChI is InChI=1S/C13H14Cl2N2O2S2/c1-8-6-10(14)12(7-11(8)16)21(18,19)17-5-4-9-2-3-13(15)20-9/h2-3,6-7,17H,4-5,16H2,1H3. The molecule has 0 aliphatic rings. The van der Waals surface area contributed by atoms with Gasteiger partial charge in [0.2, 0.25) is 10.0 Å². The third kappa shape index (κ3) is 4.11. The van der Waals surface area contributed by atoms with E-state index in [-0.39, 0.29) is 16.5 Å². The summed E-state index contributed by atoms with van der Waals surface area (Å²) >= 11 is 13.2. The van der Waals surface area contributed by atoms with Crippen LogP contribution in [0.5, 0.6) is 0 Å². The van der Waals surface area contributed by atoms with Gasteiger partial charge in [-0.25, -0.2) is 13.1 Å². The van der Waals surface area contributed by atoms with Crippen molar-refractivity contribution >= 4 is 50.2 Å². The molecule has 0 aliphatic heterocycles. The summed E-state index contributed by atoms with van der Waals surface area (Å²) in [4.78, 5) is 1.01. The summed E-state index contributed by atoms with van der Waals surface area (Å²) in [7, 11) is -3.68. The Balaban J connectivity index is 2.10. The van der Waals surface area contributed by atoms with Crippen molar-refractivity contribution in [3.05, 3.63) is 44.1 Å². The van der Waals surface area contributed by atoms with E-state index in [0.29, 0.717) is 16.4 Å². The Morgan fingerprint density at radius 1 is 1.29 bits per heavy atom. The Kier molecular flexibility index (Phi) is 5.16. The molecule has 0 saturated carbocycles. The summed E-state index contributed by atoms with van der Waals surface area (Å²) in [5, 5.41) is 0.161. The number of benzene rings is 1. The van der Waals surface area contributed by atoms with Crippen LogP contribution in [-0.4, -0.2) is 15.0 Å². The van der Waals surface area contributed by atoms with Crippen molar-refractivity contribution in [3.8, 4) is 0 Å². The van der Waals surface area contributed by atoms with Gasteiger partial charge in [0.1, 0.15) is 4.90 Å². The first-order chi connectivity index (χ1) is 9.79. The van der Waals surface area contributed by atoms with Crippen molar-refractivity contribution in [2.24, 2.45) is 0 Å². The lowest BCUT2D eigenvalue weighted by molar-refractivity contribution is 0.582. The van der Waals surface area contributed by atoms with Crippen molar-refractivity contribution < 1.29 is 8.42 Å². The van der Waals surface area contributed by atoms with Crippen LogP contribution in [0.3, 0.4) is 0 Å². The SMILES string of the molecule is Cc1cc(Cl)c(S(=O)(=O)NCCc2ccc(Cl)s2)cc1N. The Labute approximate surface area is 137 Å². The minimum Gasteiger partial charge on any atom is -0.398 e. The van der Waals surface area contributed by atoms with E-state index in [1.807, 2.05) is 6.07 Å². The van der Waals surface area contributed by atoms with Gasteiger partial charge in [0.05, 0.1) is 9.36 Å². The molecule has 0 radical (unpaired) electrons. The smallest absolute Gasteiger partial charge is 0.242 e. The van der Waals surface area contributed by atoms with Crippen molar-refractivity contribution in [2.45, 2.75) is 18.2 Å². The summed E-state index contributed by atoms with van der Waals surface area (Å²) < 4.78 is 27.7. The predicted octanol–water partition coefficient (Wildman–Crippen LogP) is 3.47. The molecule has 4 nitrogen and oxygen atoms in total. The van der Waals surface area contributed by atoms with Crippen LogP contribution >= 0.6 is 34.5 Å². The second-order valence-electron chi connectivity index (χ2n) is 4.49. The third-order valence-electron chi connectivity index (χ3n) is 2.90. The molecule has 0 aliphatic carbocycles. The topological polar surface area (TPSA) is 72.2 Å². The number of thiophene rings is 1. The zero-order chi connectivity index (χ0) is 15.6. The highest BCUT2D eigenvalue weighted by Crippen LogP contribution is 2.27. The van der Waals surface area contributed by atoms with E-state index in [9.17, 15) is 8.42 Å². The molecule has 8 heteroatoms. The molecule has 0 saturated heterocycles. The van der Waals surface area contributed by atoms with Crippen LogP contribution < -0.4 is 10.5 Å². The Hall–Kier alpha value is -0.790. The van der Waals surface area contributed by atoms with Crippen molar-refractivity contribution in [1.82, 2.24) is 4.72 Å². The average molecular weight is 365 g/mol. The number of nitrogen functional groups attached to an aromatic ring is 1. The summed E-state index contributed by atoms with van der Waals surface area (Å²) in [5.74, 6) is 0. The number of hydrogen-bond acceptors (Lipinski definition) is 4. The van der Waals surface area contributed by atoms with Gasteiger partial charge in [0, 0.05) is 17.1 Å². The number of nitrogens with one attached hydrogen (secondary N) is 1. The minimum atomic E-state index is -3.68. The van der Waals surface area contributed by atoms with Gasteiger partial charge in [0.25, 0.3) is 0 Å². The second-order valence-corrected chi connectivity index (χ2v) is 8.44. The van der Waals surface area contributed by atoms with Crippen LogP contribution in [0.15, 0.2) is 29.2 Å². The normalized spacial score (nSPS) is 11.8. The summed E-state index contributed by atoms with van der Waals surface area (Å²) in [6.07, 6.45) is 0.565. The number of anilines is 1. The van der Waals surface area contributed by atoms with Crippen LogP contribution in [-0.2, 0) is 16.4 Å². The molecule has 0 spiro atoms. The van der Waals surface area contributed by atoms with Crippen LogP contribution in [0.25, 0.3) is 0 Å². The molecule has 1 aromatic carbocycles. The molecule has 0 unspecified atom stereocenters. The van der Waals surface area contributed by atoms with Gasteiger partial charge in [-0.15, -0.1) is 11.3 Å². The van der Waals surface area contributed by atoms with E-state index in [1.54, 1.807) is 19.1 Å². The molecule has 0 amide bonds. The quantitative estimate of drug-likeness (QED) is 0.797. The first-order valence-electron chi connectivity index (χ1n) is 6.09. The van der Waals surface area contributed by atoms with Crippen molar-refractivity contribution in [3.63, 3.8) is 0 Å². The maximum atomic E-state index is 12.2. The summed E-state index contributed by atoms with van der Waals surface area (Å²) in [6.45, 7) is 2.04. The van der Waals surface area contributed by atoms with Crippen LogP contribution in [0.4, 0.5) is 5.69 Å².